The van der Waals surface area contributed by atoms with Crippen LogP contribution < -0.4 is 4.74 Å². The van der Waals surface area contributed by atoms with E-state index in [2.05, 4.69) is 4.74 Å². The number of carbonyl (C=O) groups excluding carboxylic acids is 1. The number of esters is 1. The van der Waals surface area contributed by atoms with Gasteiger partial charge >= 0.3 is 5.97 Å². The molecule has 0 saturated carbocycles. The van der Waals surface area contributed by atoms with Gasteiger partial charge in [0.15, 0.2) is 0 Å². The monoisotopic (exact) mass is 236 g/mol. The Labute approximate surface area is 100 Å². The smallest absolute Gasteiger partial charge is 0.308 e. The van der Waals surface area contributed by atoms with Crippen LogP contribution in [0.5, 0.6) is 5.75 Å². The minimum absolute atomic E-state index is 0.0221. The van der Waals surface area contributed by atoms with Crippen molar-refractivity contribution in [2.45, 2.75) is 32.0 Å². The van der Waals surface area contributed by atoms with Crippen molar-refractivity contribution in [1.82, 2.24) is 0 Å². The zero-order chi connectivity index (χ0) is 12.4. The topological polar surface area (TPSA) is 55.8 Å². The minimum atomic E-state index is -0.816. The third-order valence-corrected chi connectivity index (χ3v) is 2.89. The Morgan fingerprint density at radius 1 is 1.65 bits per heavy atom. The molecule has 92 valence electrons. The average Bonchev–Trinajstić information content (AvgIpc) is 2.67. The number of methoxy groups -OCH3 is 1. The van der Waals surface area contributed by atoms with Crippen molar-refractivity contribution in [2.75, 3.05) is 7.11 Å². The van der Waals surface area contributed by atoms with Crippen molar-refractivity contribution in [2.24, 2.45) is 0 Å². The maximum absolute atomic E-state index is 11.1. The Bertz CT molecular complexity index is 427. The number of aliphatic hydroxyl groups excluding tert-OH is 1. The van der Waals surface area contributed by atoms with Gasteiger partial charge < -0.3 is 14.6 Å². The van der Waals surface area contributed by atoms with E-state index >= 15 is 0 Å². The fourth-order valence-electron chi connectivity index (χ4n) is 2.01. The number of hydrogen-bond donors (Lipinski definition) is 1. The van der Waals surface area contributed by atoms with E-state index in [1.807, 2.05) is 19.1 Å². The van der Waals surface area contributed by atoms with E-state index in [1.54, 1.807) is 6.07 Å². The van der Waals surface area contributed by atoms with E-state index in [1.165, 1.54) is 7.11 Å². The van der Waals surface area contributed by atoms with Crippen LogP contribution in [0, 0.1) is 0 Å². The second-order valence-corrected chi connectivity index (χ2v) is 4.30. The van der Waals surface area contributed by atoms with Crippen LogP contribution in [0.25, 0.3) is 0 Å². The maximum atomic E-state index is 11.1. The van der Waals surface area contributed by atoms with Gasteiger partial charge in [0, 0.05) is 6.42 Å². The van der Waals surface area contributed by atoms with Crippen LogP contribution in [-0.4, -0.2) is 24.3 Å². The molecule has 0 aromatic heterocycles. The molecule has 4 heteroatoms. The van der Waals surface area contributed by atoms with Crippen LogP contribution in [0.3, 0.4) is 0 Å². The SMILES string of the molecule is COC(=O)CC(O)c1ccc2c(c1)CC(C)O2. The fourth-order valence-corrected chi connectivity index (χ4v) is 2.01. The van der Waals surface area contributed by atoms with Crippen LogP contribution in [0.15, 0.2) is 18.2 Å². The van der Waals surface area contributed by atoms with Crippen LogP contribution in [0.4, 0.5) is 0 Å². The highest BCUT2D eigenvalue weighted by Crippen LogP contribution is 2.31. The maximum Gasteiger partial charge on any atom is 0.308 e. The van der Waals surface area contributed by atoms with Crippen molar-refractivity contribution in [3.63, 3.8) is 0 Å². The predicted molar refractivity (Wildman–Crippen MR) is 61.8 cm³/mol. The van der Waals surface area contributed by atoms with Gasteiger partial charge in [-0.15, -0.1) is 0 Å². The summed E-state index contributed by atoms with van der Waals surface area (Å²) < 4.78 is 10.1. The van der Waals surface area contributed by atoms with E-state index in [-0.39, 0.29) is 12.5 Å². The number of aliphatic hydroxyl groups is 1. The first-order valence-corrected chi connectivity index (χ1v) is 5.64. The number of hydrogen-bond acceptors (Lipinski definition) is 4. The summed E-state index contributed by atoms with van der Waals surface area (Å²) in [4.78, 5) is 11.1. The lowest BCUT2D eigenvalue weighted by Crippen LogP contribution is -2.08. The molecule has 1 heterocycles. The highest BCUT2D eigenvalue weighted by Gasteiger charge is 2.21. The second-order valence-electron chi connectivity index (χ2n) is 4.30. The molecule has 1 aromatic rings. The third kappa shape index (κ3) is 2.58. The van der Waals surface area contributed by atoms with Crippen LogP contribution in [0.2, 0.25) is 0 Å². The lowest BCUT2D eigenvalue weighted by molar-refractivity contribution is -0.142. The van der Waals surface area contributed by atoms with Crippen molar-refractivity contribution in [3.8, 4) is 5.75 Å². The summed E-state index contributed by atoms with van der Waals surface area (Å²) in [6, 6.07) is 5.52. The minimum Gasteiger partial charge on any atom is -0.490 e. The van der Waals surface area contributed by atoms with Crippen LogP contribution >= 0.6 is 0 Å². The summed E-state index contributed by atoms with van der Waals surface area (Å²) in [6.45, 7) is 2.00. The van der Waals surface area contributed by atoms with Crippen molar-refractivity contribution < 1.29 is 19.4 Å². The Morgan fingerprint density at radius 2 is 2.41 bits per heavy atom. The van der Waals surface area contributed by atoms with Gasteiger partial charge in [0.2, 0.25) is 0 Å². The van der Waals surface area contributed by atoms with Gasteiger partial charge in [0.25, 0.3) is 0 Å². The van der Waals surface area contributed by atoms with E-state index < -0.39 is 12.1 Å². The standard InChI is InChI=1S/C13H16O4/c1-8-5-10-6-9(3-4-12(10)17-8)11(14)7-13(15)16-2/h3-4,6,8,11,14H,5,7H2,1-2H3. The average molecular weight is 236 g/mol. The Hall–Kier alpha value is -1.55. The molecule has 0 radical (unpaired) electrons. The predicted octanol–water partition coefficient (Wildman–Crippen LogP) is 1.61. The molecule has 4 nitrogen and oxygen atoms in total. The van der Waals surface area contributed by atoms with E-state index in [0.717, 1.165) is 23.3 Å². The van der Waals surface area contributed by atoms with E-state index in [9.17, 15) is 9.90 Å². The lowest BCUT2D eigenvalue weighted by atomic mass is 10.0. The molecule has 1 aliphatic rings. The van der Waals surface area contributed by atoms with Crippen molar-refractivity contribution >= 4 is 5.97 Å². The fraction of sp³-hybridized carbons (Fsp3) is 0.462. The van der Waals surface area contributed by atoms with Crippen molar-refractivity contribution in [1.29, 1.82) is 0 Å². The van der Waals surface area contributed by atoms with E-state index in [0.29, 0.717) is 0 Å². The molecule has 0 amide bonds. The summed E-state index contributed by atoms with van der Waals surface area (Å²) in [5, 5.41) is 9.88. The third-order valence-electron chi connectivity index (χ3n) is 2.89. The summed E-state index contributed by atoms with van der Waals surface area (Å²) in [5.74, 6) is 0.453. The number of rotatable bonds is 3. The number of carbonyl (C=O) groups is 1. The van der Waals surface area contributed by atoms with Gasteiger partial charge in [-0.2, -0.15) is 0 Å². The number of ether oxygens (including phenoxy) is 2. The summed E-state index contributed by atoms with van der Waals surface area (Å²) in [6.07, 6.45) is 0.182. The number of fused-ring (bicyclic) bond motifs is 1. The second kappa shape index (κ2) is 4.75. The van der Waals surface area contributed by atoms with Gasteiger partial charge in [-0.1, -0.05) is 6.07 Å². The van der Waals surface area contributed by atoms with Gasteiger partial charge in [0.05, 0.1) is 19.6 Å². The van der Waals surface area contributed by atoms with Gasteiger partial charge in [-0.05, 0) is 30.2 Å². The molecule has 0 bridgehead atoms. The summed E-state index contributed by atoms with van der Waals surface area (Å²) in [7, 11) is 1.31. The first-order valence-electron chi connectivity index (χ1n) is 5.64. The van der Waals surface area contributed by atoms with E-state index in [4.69, 9.17) is 4.74 Å². The zero-order valence-electron chi connectivity index (χ0n) is 9.97. The first-order chi connectivity index (χ1) is 8.10. The van der Waals surface area contributed by atoms with Gasteiger partial charge in [-0.3, -0.25) is 4.79 Å². The molecule has 0 spiro atoms. The van der Waals surface area contributed by atoms with Gasteiger partial charge in [-0.25, -0.2) is 0 Å². The largest absolute Gasteiger partial charge is 0.490 e. The molecular formula is C13H16O4. The quantitative estimate of drug-likeness (QED) is 0.810. The molecule has 0 saturated heterocycles. The van der Waals surface area contributed by atoms with Crippen LogP contribution in [0.1, 0.15) is 30.6 Å². The number of benzene rings is 1. The zero-order valence-corrected chi connectivity index (χ0v) is 9.97. The summed E-state index contributed by atoms with van der Waals surface area (Å²) in [5.41, 5.74) is 1.81. The lowest BCUT2D eigenvalue weighted by Gasteiger charge is -2.10. The highest BCUT2D eigenvalue weighted by atomic mass is 16.5. The Kier molecular flexibility index (Phi) is 3.33. The molecule has 2 rings (SSSR count). The molecule has 1 N–H and O–H groups in total. The highest BCUT2D eigenvalue weighted by molar-refractivity contribution is 5.70. The molecule has 1 aliphatic heterocycles. The molecular weight excluding hydrogens is 220 g/mol. The molecule has 0 fully saturated rings. The molecule has 2 unspecified atom stereocenters. The molecule has 1 aromatic carbocycles. The molecule has 2 atom stereocenters. The van der Waals surface area contributed by atoms with Gasteiger partial charge in [0.1, 0.15) is 11.9 Å². The first kappa shape index (κ1) is 11.9. The van der Waals surface area contributed by atoms with Crippen molar-refractivity contribution in [3.05, 3.63) is 29.3 Å². The summed E-state index contributed by atoms with van der Waals surface area (Å²) >= 11 is 0. The normalized spacial score (nSPS) is 19.4. The molecule has 0 aliphatic carbocycles. The van der Waals surface area contributed by atoms with Crippen LogP contribution in [-0.2, 0) is 16.0 Å². The molecule has 17 heavy (non-hydrogen) atoms. The Morgan fingerprint density at radius 3 is 3.12 bits per heavy atom. The Balaban J connectivity index is 2.12.